The van der Waals surface area contributed by atoms with Gasteiger partial charge in [-0.2, -0.15) is 0 Å². The number of fused-ring (bicyclic) bond motifs is 1. The number of amides is 1. The SMILES string of the molecule is CCOc1ccc(NC(=O)C2Cc3ccccc3C(=O)O2)cc1OC. The molecule has 0 aliphatic carbocycles. The number of cyclic esters (lactones) is 1. The number of rotatable bonds is 5. The fraction of sp³-hybridized carbons (Fsp3) is 0.263. The number of benzene rings is 2. The first-order valence-electron chi connectivity index (χ1n) is 8.03. The summed E-state index contributed by atoms with van der Waals surface area (Å²) >= 11 is 0. The van der Waals surface area contributed by atoms with Gasteiger partial charge in [0.1, 0.15) is 0 Å². The van der Waals surface area contributed by atoms with Crippen LogP contribution in [-0.4, -0.2) is 31.7 Å². The zero-order chi connectivity index (χ0) is 17.8. The largest absolute Gasteiger partial charge is 0.493 e. The van der Waals surface area contributed by atoms with Gasteiger partial charge in [0, 0.05) is 18.2 Å². The number of anilines is 1. The third-order valence-electron chi connectivity index (χ3n) is 3.92. The van der Waals surface area contributed by atoms with Crippen molar-refractivity contribution in [3.05, 3.63) is 53.6 Å². The van der Waals surface area contributed by atoms with Gasteiger partial charge in [-0.25, -0.2) is 4.79 Å². The highest BCUT2D eigenvalue weighted by Gasteiger charge is 2.31. The molecule has 1 atom stereocenters. The number of nitrogens with one attached hydrogen (secondary N) is 1. The van der Waals surface area contributed by atoms with Crippen molar-refractivity contribution in [2.45, 2.75) is 19.4 Å². The molecule has 1 amide bonds. The molecule has 25 heavy (non-hydrogen) atoms. The highest BCUT2D eigenvalue weighted by Crippen LogP contribution is 2.30. The minimum atomic E-state index is -0.861. The van der Waals surface area contributed by atoms with Gasteiger partial charge in [-0.05, 0) is 30.7 Å². The molecule has 0 bridgehead atoms. The van der Waals surface area contributed by atoms with Crippen molar-refractivity contribution in [1.82, 2.24) is 0 Å². The quantitative estimate of drug-likeness (QED) is 0.847. The Hall–Kier alpha value is -3.02. The van der Waals surface area contributed by atoms with E-state index in [2.05, 4.69) is 5.32 Å². The highest BCUT2D eigenvalue weighted by atomic mass is 16.5. The molecule has 6 nitrogen and oxygen atoms in total. The summed E-state index contributed by atoms with van der Waals surface area (Å²) < 4.78 is 16.0. The fourth-order valence-electron chi connectivity index (χ4n) is 2.72. The Balaban J connectivity index is 1.74. The van der Waals surface area contributed by atoms with Crippen molar-refractivity contribution in [2.75, 3.05) is 19.0 Å². The summed E-state index contributed by atoms with van der Waals surface area (Å²) in [6.07, 6.45) is -0.512. The lowest BCUT2D eigenvalue weighted by Crippen LogP contribution is -2.37. The number of hydrogen-bond donors (Lipinski definition) is 1. The Morgan fingerprint density at radius 1 is 1.24 bits per heavy atom. The molecule has 0 fully saturated rings. The second-order valence-corrected chi connectivity index (χ2v) is 5.54. The lowest BCUT2D eigenvalue weighted by Gasteiger charge is -2.23. The van der Waals surface area contributed by atoms with Crippen molar-refractivity contribution < 1.29 is 23.8 Å². The third-order valence-corrected chi connectivity index (χ3v) is 3.92. The molecule has 0 saturated heterocycles. The van der Waals surface area contributed by atoms with Crippen LogP contribution < -0.4 is 14.8 Å². The average molecular weight is 341 g/mol. The predicted octanol–water partition coefficient (Wildman–Crippen LogP) is 2.81. The molecule has 1 aliphatic heterocycles. The standard InChI is InChI=1S/C19H19NO5/c1-3-24-15-9-8-13(11-16(15)23-2)20-18(21)17-10-12-6-4-5-7-14(12)19(22)25-17/h4-9,11,17H,3,10H2,1-2H3,(H,20,21). The van der Waals surface area contributed by atoms with E-state index in [1.165, 1.54) is 7.11 Å². The van der Waals surface area contributed by atoms with Crippen LogP contribution in [0.5, 0.6) is 11.5 Å². The Morgan fingerprint density at radius 2 is 2.04 bits per heavy atom. The first-order valence-corrected chi connectivity index (χ1v) is 8.03. The summed E-state index contributed by atoms with van der Waals surface area (Å²) in [6.45, 7) is 2.39. The highest BCUT2D eigenvalue weighted by molar-refractivity contribution is 6.00. The Morgan fingerprint density at radius 3 is 2.80 bits per heavy atom. The van der Waals surface area contributed by atoms with Crippen LogP contribution in [0, 0.1) is 0 Å². The molecule has 1 unspecified atom stereocenters. The van der Waals surface area contributed by atoms with E-state index in [1.54, 1.807) is 30.3 Å². The van der Waals surface area contributed by atoms with Crippen LogP contribution in [0.2, 0.25) is 0 Å². The van der Waals surface area contributed by atoms with Crippen LogP contribution in [0.25, 0.3) is 0 Å². The number of carbonyl (C=O) groups excluding carboxylic acids is 2. The molecule has 1 N–H and O–H groups in total. The minimum Gasteiger partial charge on any atom is -0.493 e. The summed E-state index contributed by atoms with van der Waals surface area (Å²) in [5.41, 5.74) is 1.86. The zero-order valence-corrected chi connectivity index (χ0v) is 14.1. The van der Waals surface area contributed by atoms with E-state index in [9.17, 15) is 9.59 Å². The van der Waals surface area contributed by atoms with Crippen molar-refractivity contribution in [3.8, 4) is 11.5 Å². The molecule has 1 aliphatic rings. The molecular formula is C19H19NO5. The molecule has 0 radical (unpaired) electrons. The van der Waals surface area contributed by atoms with E-state index in [1.807, 2.05) is 19.1 Å². The molecule has 2 aromatic carbocycles. The van der Waals surface area contributed by atoms with Crippen LogP contribution in [0.3, 0.4) is 0 Å². The van der Waals surface area contributed by atoms with Gasteiger partial charge in [-0.15, -0.1) is 0 Å². The molecule has 6 heteroatoms. The van der Waals surface area contributed by atoms with Crippen molar-refractivity contribution in [2.24, 2.45) is 0 Å². The van der Waals surface area contributed by atoms with E-state index >= 15 is 0 Å². The van der Waals surface area contributed by atoms with Crippen molar-refractivity contribution in [3.63, 3.8) is 0 Å². The summed E-state index contributed by atoms with van der Waals surface area (Å²) in [4.78, 5) is 24.5. The Bertz CT molecular complexity index is 802. The molecule has 0 aromatic heterocycles. The van der Waals surface area contributed by atoms with Crippen LogP contribution in [-0.2, 0) is 16.0 Å². The molecule has 0 spiro atoms. The Kier molecular flexibility index (Phi) is 4.88. The Labute approximate surface area is 145 Å². The van der Waals surface area contributed by atoms with Gasteiger partial charge in [-0.1, -0.05) is 18.2 Å². The van der Waals surface area contributed by atoms with Crippen LogP contribution >= 0.6 is 0 Å². The van der Waals surface area contributed by atoms with Crippen molar-refractivity contribution in [1.29, 1.82) is 0 Å². The van der Waals surface area contributed by atoms with Gasteiger partial charge >= 0.3 is 5.97 Å². The molecule has 0 saturated carbocycles. The second kappa shape index (κ2) is 7.25. The summed E-state index contributed by atoms with van der Waals surface area (Å²) in [5.74, 6) is 0.256. The summed E-state index contributed by atoms with van der Waals surface area (Å²) in [7, 11) is 1.53. The number of ether oxygens (including phenoxy) is 3. The fourth-order valence-corrected chi connectivity index (χ4v) is 2.72. The monoisotopic (exact) mass is 341 g/mol. The van der Waals surface area contributed by atoms with Gasteiger partial charge in [-0.3, -0.25) is 4.79 Å². The van der Waals surface area contributed by atoms with Gasteiger partial charge < -0.3 is 19.5 Å². The maximum Gasteiger partial charge on any atom is 0.339 e. The van der Waals surface area contributed by atoms with Crippen molar-refractivity contribution >= 4 is 17.6 Å². The molecule has 2 aromatic rings. The van der Waals surface area contributed by atoms with E-state index in [-0.39, 0.29) is 5.91 Å². The second-order valence-electron chi connectivity index (χ2n) is 5.54. The number of methoxy groups -OCH3 is 1. The van der Waals surface area contributed by atoms with Crippen LogP contribution in [0.1, 0.15) is 22.8 Å². The lowest BCUT2D eigenvalue weighted by atomic mass is 9.98. The third kappa shape index (κ3) is 3.57. The number of carbonyl (C=O) groups is 2. The van der Waals surface area contributed by atoms with Gasteiger partial charge in [0.15, 0.2) is 17.6 Å². The minimum absolute atomic E-state index is 0.349. The first-order chi connectivity index (χ1) is 12.1. The number of hydrogen-bond acceptors (Lipinski definition) is 5. The van der Waals surface area contributed by atoms with E-state index in [4.69, 9.17) is 14.2 Å². The first kappa shape index (κ1) is 16.8. The van der Waals surface area contributed by atoms with E-state index < -0.39 is 12.1 Å². The zero-order valence-electron chi connectivity index (χ0n) is 14.1. The normalized spacial score (nSPS) is 15.8. The molecule has 3 rings (SSSR count). The average Bonchev–Trinajstić information content (AvgIpc) is 2.63. The smallest absolute Gasteiger partial charge is 0.339 e. The van der Waals surface area contributed by atoms with Crippen LogP contribution in [0.15, 0.2) is 42.5 Å². The van der Waals surface area contributed by atoms with E-state index in [0.717, 1.165) is 5.56 Å². The topological polar surface area (TPSA) is 73.9 Å². The summed E-state index contributed by atoms with van der Waals surface area (Å²) in [5, 5.41) is 2.76. The molecule has 130 valence electrons. The maximum absolute atomic E-state index is 12.5. The maximum atomic E-state index is 12.5. The van der Waals surface area contributed by atoms with Gasteiger partial charge in [0.25, 0.3) is 5.91 Å². The summed E-state index contributed by atoms with van der Waals surface area (Å²) in [6, 6.07) is 12.2. The number of esters is 1. The van der Waals surface area contributed by atoms with Gasteiger partial charge in [0.2, 0.25) is 0 Å². The van der Waals surface area contributed by atoms with Gasteiger partial charge in [0.05, 0.1) is 19.3 Å². The lowest BCUT2D eigenvalue weighted by molar-refractivity contribution is -0.125. The van der Waals surface area contributed by atoms with Crippen LogP contribution in [0.4, 0.5) is 5.69 Å². The van der Waals surface area contributed by atoms with E-state index in [0.29, 0.717) is 35.8 Å². The molecular weight excluding hydrogens is 322 g/mol. The molecule has 1 heterocycles. The predicted molar refractivity (Wildman–Crippen MR) is 92.1 cm³/mol.